The lowest BCUT2D eigenvalue weighted by molar-refractivity contribution is 0.101. The van der Waals surface area contributed by atoms with Gasteiger partial charge in [0.15, 0.2) is 5.69 Å². The molecule has 0 atom stereocenters. The molecule has 0 unspecified atom stereocenters. The van der Waals surface area contributed by atoms with Crippen LogP contribution in [0.15, 0.2) is 53.3 Å². The molecule has 1 fully saturated rings. The predicted molar refractivity (Wildman–Crippen MR) is 115 cm³/mol. The molecule has 0 bridgehead atoms. The average molecular weight is 424 g/mol. The number of carbonyl (C=O) groups excluding carboxylic acids is 1. The third-order valence-electron chi connectivity index (χ3n) is 5.31. The molecule has 1 N–H and O–H groups in total. The molecule has 2 aromatic carbocycles. The van der Waals surface area contributed by atoms with Gasteiger partial charge in [-0.3, -0.25) is 9.59 Å². The Morgan fingerprint density at radius 2 is 1.74 bits per heavy atom. The number of amides is 1. The first-order valence-electron chi connectivity index (χ1n) is 10.2. The molecule has 160 valence electrons. The molecule has 0 radical (unpaired) electrons. The van der Waals surface area contributed by atoms with Crippen molar-refractivity contribution in [1.82, 2.24) is 9.78 Å². The number of rotatable bonds is 4. The van der Waals surface area contributed by atoms with Crippen molar-refractivity contribution >= 4 is 17.3 Å². The maximum absolute atomic E-state index is 14.3. The van der Waals surface area contributed by atoms with Gasteiger partial charge in [0, 0.05) is 24.8 Å². The quantitative estimate of drug-likeness (QED) is 0.686. The Hall–Kier alpha value is -3.55. The first-order valence-corrected chi connectivity index (χ1v) is 10.2. The average Bonchev–Trinajstić information content (AvgIpc) is 2.75. The van der Waals surface area contributed by atoms with Crippen LogP contribution >= 0.6 is 0 Å². The van der Waals surface area contributed by atoms with Crippen molar-refractivity contribution in [2.45, 2.75) is 26.2 Å². The smallest absolute Gasteiger partial charge is 0.280 e. The summed E-state index contributed by atoms with van der Waals surface area (Å²) in [6, 6.07) is 11.4. The summed E-state index contributed by atoms with van der Waals surface area (Å²) in [7, 11) is 0. The number of aryl methyl sites for hydroxylation is 1. The molecule has 1 saturated heterocycles. The van der Waals surface area contributed by atoms with E-state index in [1.165, 1.54) is 41.1 Å². The monoisotopic (exact) mass is 424 g/mol. The summed E-state index contributed by atoms with van der Waals surface area (Å²) in [6.07, 6.45) is 3.15. The van der Waals surface area contributed by atoms with Crippen molar-refractivity contribution in [3.05, 3.63) is 81.8 Å². The predicted octanol–water partition coefficient (Wildman–Crippen LogP) is 4.06. The fourth-order valence-corrected chi connectivity index (χ4v) is 3.77. The summed E-state index contributed by atoms with van der Waals surface area (Å²) in [5.74, 6) is -1.82. The van der Waals surface area contributed by atoms with Crippen LogP contribution in [0.1, 0.15) is 35.4 Å². The molecule has 1 aliphatic rings. The number of hydrogen-bond acceptors (Lipinski definition) is 4. The van der Waals surface area contributed by atoms with Gasteiger partial charge in [0.25, 0.3) is 5.91 Å². The molecule has 1 aliphatic heterocycles. The lowest BCUT2D eigenvalue weighted by Gasteiger charge is -2.30. The van der Waals surface area contributed by atoms with Gasteiger partial charge < -0.3 is 10.2 Å². The second kappa shape index (κ2) is 8.67. The van der Waals surface area contributed by atoms with Crippen LogP contribution in [0.2, 0.25) is 0 Å². The molecular weight excluding hydrogens is 402 g/mol. The van der Waals surface area contributed by atoms with Crippen molar-refractivity contribution < 1.29 is 13.6 Å². The van der Waals surface area contributed by atoms with Crippen molar-refractivity contribution in [3.8, 4) is 5.69 Å². The molecule has 3 aromatic rings. The van der Waals surface area contributed by atoms with Crippen LogP contribution in [0.25, 0.3) is 5.69 Å². The summed E-state index contributed by atoms with van der Waals surface area (Å²) in [5, 5.41) is 6.74. The minimum atomic E-state index is -0.779. The van der Waals surface area contributed by atoms with Crippen molar-refractivity contribution in [2.75, 3.05) is 23.3 Å². The molecule has 0 aliphatic carbocycles. The van der Waals surface area contributed by atoms with Gasteiger partial charge in [-0.05, 0) is 56.5 Å². The Kier molecular flexibility index (Phi) is 5.79. The van der Waals surface area contributed by atoms with Crippen LogP contribution in [0.4, 0.5) is 20.2 Å². The minimum Gasteiger partial charge on any atom is -0.370 e. The van der Waals surface area contributed by atoms with Crippen LogP contribution in [0, 0.1) is 18.6 Å². The van der Waals surface area contributed by atoms with Crippen LogP contribution < -0.4 is 15.6 Å². The first-order chi connectivity index (χ1) is 14.9. The number of piperidine rings is 1. The summed E-state index contributed by atoms with van der Waals surface area (Å²) >= 11 is 0. The molecule has 0 saturated carbocycles. The van der Waals surface area contributed by atoms with E-state index in [1.807, 2.05) is 0 Å². The fraction of sp³-hybridized carbons (Fsp3) is 0.261. The second-order valence-corrected chi connectivity index (χ2v) is 7.53. The highest BCUT2D eigenvalue weighted by Crippen LogP contribution is 2.29. The standard InChI is InChI=1S/C23H22F2N4O2/c1-15-13-21(30)22(27-29(15)19-8-4-3-7-17(19)25)23(31)26-18-14-16(24)9-10-20(18)28-11-5-2-6-12-28/h3-4,7-10,13-14H,2,5-6,11-12H2,1H3,(H,26,31). The number of nitrogens with one attached hydrogen (secondary N) is 1. The summed E-state index contributed by atoms with van der Waals surface area (Å²) in [5.41, 5.74) is 0.462. The number of aromatic nitrogens is 2. The highest BCUT2D eigenvalue weighted by molar-refractivity contribution is 6.04. The van der Waals surface area contributed by atoms with Crippen molar-refractivity contribution in [3.63, 3.8) is 0 Å². The van der Waals surface area contributed by atoms with E-state index in [1.54, 1.807) is 19.1 Å². The zero-order valence-electron chi connectivity index (χ0n) is 17.1. The van der Waals surface area contributed by atoms with E-state index in [0.29, 0.717) is 11.4 Å². The number of benzene rings is 2. The third-order valence-corrected chi connectivity index (χ3v) is 5.31. The number of nitrogens with zero attached hydrogens (tertiary/aromatic N) is 3. The first kappa shape index (κ1) is 20.7. The molecule has 1 amide bonds. The lowest BCUT2D eigenvalue weighted by atomic mass is 10.1. The van der Waals surface area contributed by atoms with Crippen LogP contribution in [0.3, 0.4) is 0 Å². The van der Waals surface area contributed by atoms with Gasteiger partial charge in [-0.15, -0.1) is 0 Å². The van der Waals surface area contributed by atoms with Crippen LogP contribution in [-0.2, 0) is 0 Å². The van der Waals surface area contributed by atoms with Gasteiger partial charge in [-0.25, -0.2) is 13.5 Å². The lowest BCUT2D eigenvalue weighted by Crippen LogP contribution is -2.31. The van der Waals surface area contributed by atoms with E-state index in [4.69, 9.17) is 0 Å². The maximum Gasteiger partial charge on any atom is 0.280 e. The molecule has 8 heteroatoms. The number of carbonyl (C=O) groups is 1. The molecule has 0 spiro atoms. The van der Waals surface area contributed by atoms with Crippen molar-refractivity contribution in [2.24, 2.45) is 0 Å². The Balaban J connectivity index is 1.70. The Morgan fingerprint density at radius 1 is 1.00 bits per heavy atom. The van der Waals surface area contributed by atoms with Gasteiger partial charge in [-0.2, -0.15) is 5.10 Å². The largest absolute Gasteiger partial charge is 0.370 e. The Labute approximate surface area is 178 Å². The maximum atomic E-state index is 14.3. The van der Waals surface area contributed by atoms with Gasteiger partial charge in [0.05, 0.1) is 11.4 Å². The van der Waals surface area contributed by atoms with E-state index in [-0.39, 0.29) is 11.4 Å². The van der Waals surface area contributed by atoms with E-state index >= 15 is 0 Å². The molecule has 31 heavy (non-hydrogen) atoms. The number of halogens is 2. The molecule has 6 nitrogen and oxygen atoms in total. The highest BCUT2D eigenvalue weighted by Gasteiger charge is 2.20. The van der Waals surface area contributed by atoms with Gasteiger partial charge in [-0.1, -0.05) is 12.1 Å². The zero-order chi connectivity index (χ0) is 22.0. The van der Waals surface area contributed by atoms with E-state index < -0.39 is 28.7 Å². The van der Waals surface area contributed by atoms with E-state index in [9.17, 15) is 18.4 Å². The summed E-state index contributed by atoms with van der Waals surface area (Å²) in [6.45, 7) is 3.21. The normalized spacial score (nSPS) is 13.8. The molecule has 4 rings (SSSR count). The van der Waals surface area contributed by atoms with Gasteiger partial charge in [0.1, 0.15) is 17.3 Å². The highest BCUT2D eigenvalue weighted by atomic mass is 19.1. The zero-order valence-corrected chi connectivity index (χ0v) is 17.1. The van der Waals surface area contributed by atoms with Crippen molar-refractivity contribution in [1.29, 1.82) is 0 Å². The SMILES string of the molecule is Cc1cc(=O)c(C(=O)Nc2cc(F)ccc2N2CCCCC2)nn1-c1ccccc1F. The van der Waals surface area contributed by atoms with E-state index in [0.717, 1.165) is 32.4 Å². The molecule has 2 heterocycles. The fourth-order valence-electron chi connectivity index (χ4n) is 3.77. The van der Waals surface area contributed by atoms with E-state index in [2.05, 4.69) is 15.3 Å². The molecule has 1 aromatic heterocycles. The third kappa shape index (κ3) is 4.33. The number of para-hydroxylation sites is 1. The Morgan fingerprint density at radius 3 is 2.48 bits per heavy atom. The molecular formula is C23H22F2N4O2. The second-order valence-electron chi connectivity index (χ2n) is 7.53. The van der Waals surface area contributed by atoms with Crippen LogP contribution in [-0.4, -0.2) is 28.8 Å². The topological polar surface area (TPSA) is 67.2 Å². The number of anilines is 2. The summed E-state index contributed by atoms with van der Waals surface area (Å²) in [4.78, 5) is 27.5. The summed E-state index contributed by atoms with van der Waals surface area (Å²) < 4.78 is 29.4. The number of hydrogen-bond donors (Lipinski definition) is 1. The minimum absolute atomic E-state index is 0.119. The van der Waals surface area contributed by atoms with Crippen LogP contribution in [0.5, 0.6) is 0 Å². The Bertz CT molecular complexity index is 1190. The van der Waals surface area contributed by atoms with Gasteiger partial charge in [0.2, 0.25) is 5.43 Å². The van der Waals surface area contributed by atoms with Gasteiger partial charge >= 0.3 is 0 Å².